The molecule has 0 saturated carbocycles. The lowest BCUT2D eigenvalue weighted by molar-refractivity contribution is 0.601. The van der Waals surface area contributed by atoms with Crippen molar-refractivity contribution in [2.75, 3.05) is 6.26 Å². The van der Waals surface area contributed by atoms with E-state index >= 15 is 0 Å². The van der Waals surface area contributed by atoms with Crippen molar-refractivity contribution < 1.29 is 8.42 Å². The van der Waals surface area contributed by atoms with Crippen LogP contribution in [0.1, 0.15) is 11.1 Å². The molecule has 3 heterocycles. The van der Waals surface area contributed by atoms with Crippen molar-refractivity contribution in [2.24, 2.45) is 0 Å². The van der Waals surface area contributed by atoms with Crippen LogP contribution in [0.15, 0.2) is 53.9 Å². The van der Waals surface area contributed by atoms with E-state index in [0.717, 1.165) is 39.4 Å². The van der Waals surface area contributed by atoms with E-state index in [-0.39, 0.29) is 4.90 Å². The van der Waals surface area contributed by atoms with Crippen molar-refractivity contribution in [3.63, 3.8) is 0 Å². The summed E-state index contributed by atoms with van der Waals surface area (Å²) >= 11 is 6.57. The van der Waals surface area contributed by atoms with E-state index in [1.807, 2.05) is 36.7 Å². The van der Waals surface area contributed by atoms with Gasteiger partial charge < -0.3 is 4.57 Å². The third-order valence-corrected chi connectivity index (χ3v) is 6.58. The van der Waals surface area contributed by atoms with Crippen molar-refractivity contribution in [2.45, 2.75) is 18.7 Å². The van der Waals surface area contributed by atoms with Crippen LogP contribution in [0.25, 0.3) is 32.7 Å². The van der Waals surface area contributed by atoms with Crippen LogP contribution in [0.2, 0.25) is 5.02 Å². The van der Waals surface area contributed by atoms with E-state index < -0.39 is 9.84 Å². The molecular weight excluding hydrogens is 420 g/mol. The first kappa shape index (κ1) is 20.1. The minimum atomic E-state index is -3.34. The number of halogens is 1. The summed E-state index contributed by atoms with van der Waals surface area (Å²) in [7, 11) is -3.34. The predicted octanol–water partition coefficient (Wildman–Crippen LogP) is 5.31. The first-order chi connectivity index (χ1) is 14.2. The van der Waals surface area contributed by atoms with E-state index in [4.69, 9.17) is 18.2 Å². The first-order valence-corrected chi connectivity index (χ1v) is 11.3. The van der Waals surface area contributed by atoms with Gasteiger partial charge in [0.25, 0.3) is 0 Å². The van der Waals surface area contributed by atoms with Crippen molar-refractivity contribution >= 4 is 38.0 Å². The van der Waals surface area contributed by atoms with E-state index in [0.29, 0.717) is 16.5 Å². The molecule has 0 spiro atoms. The van der Waals surface area contributed by atoms with Gasteiger partial charge in [-0.25, -0.2) is 18.2 Å². The molecule has 0 fully saturated rings. The number of nitrogens with zero attached hydrogens (tertiary/aromatic N) is 4. The van der Waals surface area contributed by atoms with Gasteiger partial charge in [-0.15, -0.1) is 0 Å². The zero-order valence-corrected chi connectivity index (χ0v) is 18.1. The molecule has 0 unspecified atom stereocenters. The average Bonchev–Trinajstić information content (AvgIpc) is 3.07. The molecule has 0 aliphatic heterocycles. The summed E-state index contributed by atoms with van der Waals surface area (Å²) in [5.74, 6) is 0.561. The fraction of sp³-hybridized carbons (Fsp3) is 0.136. The van der Waals surface area contributed by atoms with Gasteiger partial charge in [-0.3, -0.25) is 4.98 Å². The Morgan fingerprint density at radius 3 is 2.47 bits per heavy atom. The van der Waals surface area contributed by atoms with Gasteiger partial charge in [0.1, 0.15) is 5.82 Å². The highest BCUT2D eigenvalue weighted by molar-refractivity contribution is 7.90. The van der Waals surface area contributed by atoms with Crippen LogP contribution in [-0.2, 0) is 9.84 Å². The maximum Gasteiger partial charge on any atom is 0.190 e. The third-order valence-electron chi connectivity index (χ3n) is 4.98. The summed E-state index contributed by atoms with van der Waals surface area (Å²) in [5.41, 5.74) is 4.66. The SMILES string of the molecule is [C-]#[N+]c1cc2c(-c3cncc(C)c3Cl)cn(-c3ccc(S(C)(=O)=O)cn3)c2cc1C. The second kappa shape index (κ2) is 7.24. The van der Waals surface area contributed by atoms with Gasteiger partial charge in [-0.2, -0.15) is 0 Å². The molecule has 0 amide bonds. The quantitative estimate of drug-likeness (QED) is 0.408. The number of pyridine rings is 2. The Morgan fingerprint density at radius 1 is 1.07 bits per heavy atom. The lowest BCUT2D eigenvalue weighted by Crippen LogP contribution is -2.01. The van der Waals surface area contributed by atoms with Crippen LogP contribution in [0.5, 0.6) is 0 Å². The van der Waals surface area contributed by atoms with Crippen LogP contribution < -0.4 is 0 Å². The second-order valence-electron chi connectivity index (χ2n) is 7.12. The van der Waals surface area contributed by atoms with Crippen molar-refractivity contribution in [3.05, 3.63) is 76.6 Å². The maximum atomic E-state index is 11.8. The molecule has 8 heteroatoms. The second-order valence-corrected chi connectivity index (χ2v) is 9.52. The third kappa shape index (κ3) is 3.34. The van der Waals surface area contributed by atoms with Crippen molar-refractivity contribution in [1.82, 2.24) is 14.5 Å². The average molecular weight is 437 g/mol. The Labute approximate surface area is 179 Å². The minimum absolute atomic E-state index is 0.153. The van der Waals surface area contributed by atoms with Gasteiger partial charge in [0.05, 0.1) is 22.0 Å². The number of aromatic nitrogens is 3. The van der Waals surface area contributed by atoms with Gasteiger partial charge in [-0.1, -0.05) is 11.6 Å². The summed E-state index contributed by atoms with van der Waals surface area (Å²) in [5, 5.41) is 1.43. The summed E-state index contributed by atoms with van der Waals surface area (Å²) < 4.78 is 25.4. The Morgan fingerprint density at radius 2 is 1.83 bits per heavy atom. The highest BCUT2D eigenvalue weighted by atomic mass is 35.5. The monoisotopic (exact) mass is 436 g/mol. The number of benzene rings is 1. The molecule has 4 aromatic rings. The molecule has 4 rings (SSSR count). The molecule has 150 valence electrons. The normalized spacial score (nSPS) is 11.6. The molecule has 0 aliphatic carbocycles. The zero-order valence-electron chi connectivity index (χ0n) is 16.5. The molecule has 0 atom stereocenters. The van der Waals surface area contributed by atoms with Crippen molar-refractivity contribution in [1.29, 1.82) is 0 Å². The Kier molecular flexibility index (Phi) is 4.85. The molecule has 0 N–H and O–H groups in total. The molecule has 1 aromatic carbocycles. The summed E-state index contributed by atoms with van der Waals surface area (Å²) in [6, 6.07) is 6.96. The molecular formula is C22H17ClN4O2S. The molecule has 30 heavy (non-hydrogen) atoms. The minimum Gasteiger partial charge on any atom is -0.301 e. The van der Waals surface area contributed by atoms with Gasteiger partial charge in [-0.05, 0) is 54.6 Å². The number of fused-ring (bicyclic) bond motifs is 1. The number of hydrogen-bond acceptors (Lipinski definition) is 4. The maximum absolute atomic E-state index is 11.8. The molecule has 3 aromatic heterocycles. The zero-order chi connectivity index (χ0) is 21.6. The van der Waals surface area contributed by atoms with Crippen LogP contribution in [0, 0.1) is 20.4 Å². The van der Waals surface area contributed by atoms with Crippen LogP contribution in [-0.4, -0.2) is 29.2 Å². The fourth-order valence-corrected chi connectivity index (χ4v) is 4.12. The Hall–Kier alpha value is -3.21. The predicted molar refractivity (Wildman–Crippen MR) is 118 cm³/mol. The van der Waals surface area contributed by atoms with E-state index in [2.05, 4.69) is 14.8 Å². The highest BCUT2D eigenvalue weighted by Crippen LogP contribution is 2.39. The van der Waals surface area contributed by atoms with Crippen LogP contribution in [0.4, 0.5) is 5.69 Å². The number of hydrogen-bond donors (Lipinski definition) is 0. The number of sulfone groups is 1. The highest BCUT2D eigenvalue weighted by Gasteiger charge is 2.18. The van der Waals surface area contributed by atoms with Gasteiger partial charge in [0.15, 0.2) is 15.5 Å². The Balaban J connectivity index is 2.03. The standard InChI is InChI=1S/C22H17ClN4O2S/c1-13-7-20-16(8-19(13)24-3)18(17-11-25-9-14(2)22(17)23)12-27(20)21-6-5-15(10-26-21)30(4,28)29/h5-12H,1-2,4H3. The molecule has 6 nitrogen and oxygen atoms in total. The van der Waals surface area contributed by atoms with Gasteiger partial charge in [0, 0.05) is 42.2 Å². The summed E-state index contributed by atoms with van der Waals surface area (Å²) in [6.45, 7) is 11.2. The first-order valence-electron chi connectivity index (χ1n) is 9.01. The molecule has 0 bridgehead atoms. The molecule has 0 aliphatic rings. The summed E-state index contributed by atoms with van der Waals surface area (Å²) in [4.78, 5) is 12.4. The van der Waals surface area contributed by atoms with Gasteiger partial charge >= 0.3 is 0 Å². The van der Waals surface area contributed by atoms with E-state index in [1.54, 1.807) is 18.5 Å². The number of rotatable bonds is 3. The lowest BCUT2D eigenvalue weighted by Gasteiger charge is -2.07. The fourth-order valence-electron chi connectivity index (χ4n) is 3.36. The largest absolute Gasteiger partial charge is 0.301 e. The summed E-state index contributed by atoms with van der Waals surface area (Å²) in [6.07, 6.45) is 7.78. The smallest absolute Gasteiger partial charge is 0.190 e. The van der Waals surface area contributed by atoms with E-state index in [1.165, 1.54) is 12.3 Å². The lowest BCUT2D eigenvalue weighted by atomic mass is 10.0. The van der Waals surface area contributed by atoms with Crippen molar-refractivity contribution in [3.8, 4) is 16.9 Å². The molecule has 0 saturated heterocycles. The van der Waals surface area contributed by atoms with Gasteiger partial charge in [0.2, 0.25) is 0 Å². The van der Waals surface area contributed by atoms with Crippen LogP contribution in [0.3, 0.4) is 0 Å². The molecule has 0 radical (unpaired) electrons. The number of aryl methyl sites for hydroxylation is 2. The van der Waals surface area contributed by atoms with Crippen LogP contribution >= 0.6 is 11.6 Å². The van der Waals surface area contributed by atoms with E-state index in [9.17, 15) is 8.42 Å². The Bertz CT molecular complexity index is 1450. The topological polar surface area (TPSA) is 69.2 Å².